The van der Waals surface area contributed by atoms with Gasteiger partial charge in [0.25, 0.3) is 0 Å². The molecular formula is C15H27NO. The van der Waals surface area contributed by atoms with Gasteiger partial charge in [-0.3, -0.25) is 0 Å². The van der Waals surface area contributed by atoms with Crippen LogP contribution in [0.5, 0.6) is 0 Å². The van der Waals surface area contributed by atoms with E-state index < -0.39 is 0 Å². The van der Waals surface area contributed by atoms with Crippen molar-refractivity contribution < 1.29 is 4.74 Å². The molecule has 2 rings (SSSR count). The van der Waals surface area contributed by atoms with Gasteiger partial charge in [0.05, 0.1) is 12.9 Å². The van der Waals surface area contributed by atoms with Crippen LogP contribution in [-0.2, 0) is 4.74 Å². The summed E-state index contributed by atoms with van der Waals surface area (Å²) in [5.74, 6) is 0.838. The van der Waals surface area contributed by atoms with Crippen LogP contribution in [0.2, 0.25) is 0 Å². The van der Waals surface area contributed by atoms with Gasteiger partial charge in [-0.25, -0.2) is 0 Å². The molecule has 0 aromatic rings. The van der Waals surface area contributed by atoms with E-state index in [0.717, 1.165) is 19.1 Å². The van der Waals surface area contributed by atoms with E-state index in [2.05, 4.69) is 12.2 Å². The van der Waals surface area contributed by atoms with Crippen LogP contribution in [0.3, 0.4) is 0 Å². The van der Waals surface area contributed by atoms with Crippen molar-refractivity contribution in [3.63, 3.8) is 0 Å². The van der Waals surface area contributed by atoms with Crippen molar-refractivity contribution in [2.45, 2.75) is 64.3 Å². The van der Waals surface area contributed by atoms with Crippen LogP contribution in [0, 0.1) is 5.92 Å². The first-order valence-corrected chi connectivity index (χ1v) is 7.45. The zero-order valence-electron chi connectivity index (χ0n) is 11.2. The lowest BCUT2D eigenvalue weighted by atomic mass is 9.85. The molecule has 2 heteroatoms. The number of hydrogen-bond donors (Lipinski definition) is 1. The van der Waals surface area contributed by atoms with Crippen molar-refractivity contribution in [3.05, 3.63) is 11.8 Å². The van der Waals surface area contributed by atoms with Crippen molar-refractivity contribution in [3.8, 4) is 0 Å². The molecule has 17 heavy (non-hydrogen) atoms. The van der Waals surface area contributed by atoms with Crippen molar-refractivity contribution in [2.24, 2.45) is 5.92 Å². The van der Waals surface area contributed by atoms with Gasteiger partial charge in [0.15, 0.2) is 0 Å². The summed E-state index contributed by atoms with van der Waals surface area (Å²) < 4.78 is 5.53. The van der Waals surface area contributed by atoms with Crippen molar-refractivity contribution >= 4 is 0 Å². The Morgan fingerprint density at radius 2 is 2.00 bits per heavy atom. The van der Waals surface area contributed by atoms with Gasteiger partial charge in [-0.1, -0.05) is 32.6 Å². The fourth-order valence-electron chi connectivity index (χ4n) is 3.28. The Bertz CT molecular complexity index is 241. The summed E-state index contributed by atoms with van der Waals surface area (Å²) in [4.78, 5) is 0. The highest BCUT2D eigenvalue weighted by Gasteiger charge is 2.26. The van der Waals surface area contributed by atoms with Crippen molar-refractivity contribution in [1.29, 1.82) is 0 Å². The smallest absolute Gasteiger partial charge is 0.0876 e. The molecule has 1 atom stereocenters. The second kappa shape index (κ2) is 7.05. The van der Waals surface area contributed by atoms with Gasteiger partial charge in [0.2, 0.25) is 0 Å². The highest BCUT2D eigenvalue weighted by atomic mass is 16.5. The van der Waals surface area contributed by atoms with Crippen LogP contribution in [0.1, 0.15) is 58.3 Å². The zero-order chi connectivity index (χ0) is 11.9. The molecule has 1 aliphatic heterocycles. The van der Waals surface area contributed by atoms with E-state index in [9.17, 15) is 0 Å². The van der Waals surface area contributed by atoms with Gasteiger partial charge < -0.3 is 10.1 Å². The monoisotopic (exact) mass is 237 g/mol. The van der Waals surface area contributed by atoms with Crippen LogP contribution in [-0.4, -0.2) is 19.2 Å². The maximum Gasteiger partial charge on any atom is 0.0876 e. The summed E-state index contributed by atoms with van der Waals surface area (Å²) in [5.41, 5.74) is 1.52. The molecule has 1 aliphatic carbocycles. The average molecular weight is 237 g/mol. The van der Waals surface area contributed by atoms with Gasteiger partial charge in [-0.15, -0.1) is 0 Å². The second-order valence-corrected chi connectivity index (χ2v) is 5.45. The van der Waals surface area contributed by atoms with Crippen LogP contribution in [0.15, 0.2) is 11.8 Å². The largest absolute Gasteiger partial charge is 0.501 e. The van der Waals surface area contributed by atoms with Gasteiger partial charge in [-0.2, -0.15) is 0 Å². The molecule has 0 radical (unpaired) electrons. The minimum atomic E-state index is 0.582. The first-order chi connectivity index (χ1) is 8.42. The Kier molecular flexibility index (Phi) is 5.37. The summed E-state index contributed by atoms with van der Waals surface area (Å²) in [5, 5.41) is 3.70. The molecule has 1 N–H and O–H groups in total. The maximum atomic E-state index is 5.53. The summed E-state index contributed by atoms with van der Waals surface area (Å²) >= 11 is 0. The maximum absolute atomic E-state index is 5.53. The van der Waals surface area contributed by atoms with E-state index in [1.54, 1.807) is 0 Å². The second-order valence-electron chi connectivity index (χ2n) is 5.45. The van der Waals surface area contributed by atoms with Crippen LogP contribution in [0.25, 0.3) is 0 Å². The Morgan fingerprint density at radius 1 is 1.24 bits per heavy atom. The topological polar surface area (TPSA) is 21.3 Å². The molecule has 0 bridgehead atoms. The third-order valence-electron chi connectivity index (χ3n) is 4.16. The molecule has 0 aromatic carbocycles. The molecule has 0 saturated heterocycles. The first kappa shape index (κ1) is 12.9. The number of nitrogens with one attached hydrogen (secondary N) is 1. The Hall–Kier alpha value is -0.500. The number of likely N-dealkylation sites (N-methyl/N-ethyl adjacent to an activating group) is 1. The summed E-state index contributed by atoms with van der Waals surface area (Å²) in [7, 11) is 0. The Morgan fingerprint density at radius 3 is 2.59 bits per heavy atom. The van der Waals surface area contributed by atoms with Gasteiger partial charge in [0, 0.05) is 6.04 Å². The van der Waals surface area contributed by atoms with Gasteiger partial charge >= 0.3 is 0 Å². The Labute approximate surface area is 106 Å². The predicted octanol–water partition coefficient (Wildman–Crippen LogP) is 3.63. The molecule has 2 nitrogen and oxygen atoms in total. The molecule has 0 amide bonds. The first-order valence-electron chi connectivity index (χ1n) is 7.45. The number of hydrogen-bond acceptors (Lipinski definition) is 2. The standard InChI is InChI=1S/C15H27NO/c1-2-16-15(14-10-7-11-17-12-14)13-8-5-3-4-6-9-13/h12-13,15-16H,2-11H2,1H3. The Balaban J connectivity index is 2.01. The lowest BCUT2D eigenvalue weighted by Gasteiger charge is -2.30. The summed E-state index contributed by atoms with van der Waals surface area (Å²) in [6.45, 7) is 4.19. The predicted molar refractivity (Wildman–Crippen MR) is 71.9 cm³/mol. The van der Waals surface area contributed by atoms with Crippen LogP contribution < -0.4 is 5.32 Å². The third kappa shape index (κ3) is 3.74. The third-order valence-corrected chi connectivity index (χ3v) is 4.16. The molecule has 2 aliphatic rings. The molecule has 0 spiro atoms. The van der Waals surface area contributed by atoms with E-state index in [-0.39, 0.29) is 0 Å². The molecular weight excluding hydrogens is 210 g/mol. The van der Waals surface area contributed by atoms with E-state index in [4.69, 9.17) is 4.74 Å². The van der Waals surface area contributed by atoms with Gasteiger partial charge in [0.1, 0.15) is 0 Å². The van der Waals surface area contributed by atoms with Crippen LogP contribution in [0.4, 0.5) is 0 Å². The fourth-order valence-corrected chi connectivity index (χ4v) is 3.28. The molecule has 98 valence electrons. The summed E-state index contributed by atoms with van der Waals surface area (Å²) in [6.07, 6.45) is 13.0. The zero-order valence-corrected chi connectivity index (χ0v) is 11.2. The quantitative estimate of drug-likeness (QED) is 0.754. The van der Waals surface area contributed by atoms with E-state index >= 15 is 0 Å². The molecule has 1 unspecified atom stereocenters. The fraction of sp³-hybridized carbons (Fsp3) is 0.867. The van der Waals surface area contributed by atoms with Crippen molar-refractivity contribution in [1.82, 2.24) is 5.32 Å². The summed E-state index contributed by atoms with van der Waals surface area (Å²) in [6, 6.07) is 0.582. The number of rotatable bonds is 4. The average Bonchev–Trinajstić information content (AvgIpc) is 2.66. The molecule has 1 fully saturated rings. The van der Waals surface area contributed by atoms with Crippen molar-refractivity contribution in [2.75, 3.05) is 13.2 Å². The van der Waals surface area contributed by atoms with E-state index in [1.807, 2.05) is 6.26 Å². The highest BCUT2D eigenvalue weighted by Crippen LogP contribution is 2.30. The highest BCUT2D eigenvalue weighted by molar-refractivity contribution is 5.12. The molecule has 1 saturated carbocycles. The molecule has 1 heterocycles. The van der Waals surface area contributed by atoms with Crippen LogP contribution >= 0.6 is 0 Å². The van der Waals surface area contributed by atoms with E-state index in [1.165, 1.54) is 56.9 Å². The van der Waals surface area contributed by atoms with E-state index in [0.29, 0.717) is 6.04 Å². The minimum absolute atomic E-state index is 0.582. The lowest BCUT2D eigenvalue weighted by molar-refractivity contribution is 0.212. The minimum Gasteiger partial charge on any atom is -0.501 e. The molecule has 0 aromatic heterocycles. The van der Waals surface area contributed by atoms with Gasteiger partial charge in [-0.05, 0) is 43.7 Å². The number of ether oxygens (including phenoxy) is 1. The normalized spacial score (nSPS) is 24.6. The lowest BCUT2D eigenvalue weighted by Crippen LogP contribution is -2.38. The SMILES string of the molecule is CCNC(C1=COCCC1)C1CCCCCC1.